The van der Waals surface area contributed by atoms with Gasteiger partial charge in [0.15, 0.2) is 5.96 Å². The number of nitrogens with zero attached hydrogens (tertiary/aromatic N) is 2. The molecule has 4 nitrogen and oxygen atoms in total. The molecule has 2 aromatic rings. The topological polar surface area (TPSA) is 49.3 Å². The average Bonchev–Trinajstić information content (AvgIpc) is 2.56. The van der Waals surface area contributed by atoms with Crippen LogP contribution in [-0.4, -0.2) is 30.3 Å². The maximum Gasteiger partial charge on any atom is 0.191 e. The van der Waals surface area contributed by atoms with E-state index in [2.05, 4.69) is 20.6 Å². The molecule has 0 atom stereocenters. The first-order valence-corrected chi connectivity index (χ1v) is 8.00. The zero-order chi connectivity index (χ0) is 15.6. The lowest BCUT2D eigenvalue weighted by atomic mass is 10.3. The fourth-order valence-corrected chi connectivity index (χ4v) is 2.59. The molecular weight excluding hydrogens is 299 g/mol. The van der Waals surface area contributed by atoms with E-state index in [4.69, 9.17) is 0 Å². The number of thioether (sulfide) groups is 1. The predicted molar refractivity (Wildman–Crippen MR) is 89.6 cm³/mol. The number of guanidine groups is 1. The highest BCUT2D eigenvalue weighted by Gasteiger charge is 2.02. The molecule has 0 aliphatic carbocycles. The van der Waals surface area contributed by atoms with Crippen LogP contribution in [0.3, 0.4) is 0 Å². The monoisotopic (exact) mass is 318 g/mol. The van der Waals surface area contributed by atoms with Gasteiger partial charge in [-0.1, -0.05) is 18.2 Å². The summed E-state index contributed by atoms with van der Waals surface area (Å²) >= 11 is 1.48. The Bertz CT molecular complexity index is 604. The molecule has 2 rings (SSSR count). The van der Waals surface area contributed by atoms with E-state index in [1.54, 1.807) is 25.4 Å². The zero-order valence-electron chi connectivity index (χ0n) is 12.4. The maximum absolute atomic E-state index is 13.5. The minimum Gasteiger partial charge on any atom is -0.356 e. The van der Waals surface area contributed by atoms with E-state index in [9.17, 15) is 4.39 Å². The van der Waals surface area contributed by atoms with Crippen LogP contribution >= 0.6 is 11.8 Å². The number of nitrogens with one attached hydrogen (secondary N) is 2. The number of halogens is 1. The molecule has 1 aromatic carbocycles. The third-order valence-corrected chi connectivity index (χ3v) is 3.93. The van der Waals surface area contributed by atoms with Crippen molar-refractivity contribution in [3.05, 3.63) is 60.2 Å². The van der Waals surface area contributed by atoms with E-state index >= 15 is 0 Å². The van der Waals surface area contributed by atoms with Gasteiger partial charge < -0.3 is 10.6 Å². The van der Waals surface area contributed by atoms with Crippen LogP contribution in [0.4, 0.5) is 4.39 Å². The number of rotatable bonds is 6. The summed E-state index contributed by atoms with van der Waals surface area (Å²) in [6.45, 7) is 1.31. The molecule has 1 aromatic heterocycles. The zero-order valence-corrected chi connectivity index (χ0v) is 13.2. The Morgan fingerprint density at radius 3 is 2.73 bits per heavy atom. The first kappa shape index (κ1) is 16.3. The molecule has 0 amide bonds. The third-order valence-electron chi connectivity index (χ3n) is 2.88. The van der Waals surface area contributed by atoms with Crippen LogP contribution in [0.2, 0.25) is 0 Å². The highest BCUT2D eigenvalue weighted by molar-refractivity contribution is 7.99. The van der Waals surface area contributed by atoms with Crippen molar-refractivity contribution in [3.63, 3.8) is 0 Å². The summed E-state index contributed by atoms with van der Waals surface area (Å²) in [6, 6.07) is 12.6. The van der Waals surface area contributed by atoms with Gasteiger partial charge in [-0.15, -0.1) is 11.8 Å². The standard InChI is InChI=1S/C16H19FN4S/c1-18-16(21-12-13-6-4-5-9-19-13)20-10-11-22-15-8-3-2-7-14(15)17/h2-9H,10-12H2,1H3,(H2,18,20,21). The molecule has 0 aliphatic heterocycles. The molecule has 0 saturated carbocycles. The normalized spacial score (nSPS) is 11.3. The number of benzene rings is 1. The fourth-order valence-electron chi connectivity index (χ4n) is 1.79. The van der Waals surface area contributed by atoms with Gasteiger partial charge >= 0.3 is 0 Å². The molecule has 0 spiro atoms. The van der Waals surface area contributed by atoms with Crippen LogP contribution in [0, 0.1) is 5.82 Å². The van der Waals surface area contributed by atoms with Crippen LogP contribution in [0.25, 0.3) is 0 Å². The van der Waals surface area contributed by atoms with Crippen molar-refractivity contribution in [1.82, 2.24) is 15.6 Å². The summed E-state index contributed by atoms with van der Waals surface area (Å²) < 4.78 is 13.5. The van der Waals surface area contributed by atoms with E-state index in [0.717, 1.165) is 11.4 Å². The largest absolute Gasteiger partial charge is 0.356 e. The van der Waals surface area contributed by atoms with Crippen molar-refractivity contribution in [3.8, 4) is 0 Å². The average molecular weight is 318 g/mol. The molecule has 2 N–H and O–H groups in total. The summed E-state index contributed by atoms with van der Waals surface area (Å²) in [4.78, 5) is 9.06. The molecule has 0 fully saturated rings. The number of pyridine rings is 1. The van der Waals surface area contributed by atoms with Gasteiger partial charge in [0.1, 0.15) is 5.82 Å². The molecule has 1 heterocycles. The van der Waals surface area contributed by atoms with Crippen LogP contribution < -0.4 is 10.6 Å². The second kappa shape index (κ2) is 9.04. The predicted octanol–water partition coefficient (Wildman–Crippen LogP) is 2.68. The van der Waals surface area contributed by atoms with E-state index in [1.807, 2.05) is 24.3 Å². The quantitative estimate of drug-likeness (QED) is 0.372. The van der Waals surface area contributed by atoms with Gasteiger partial charge in [-0.2, -0.15) is 0 Å². The third kappa shape index (κ3) is 5.37. The lowest BCUT2D eigenvalue weighted by molar-refractivity contribution is 0.602. The summed E-state index contributed by atoms with van der Waals surface area (Å²) in [7, 11) is 1.72. The smallest absolute Gasteiger partial charge is 0.191 e. The molecule has 0 radical (unpaired) electrons. The molecule has 0 bridgehead atoms. The van der Waals surface area contributed by atoms with E-state index < -0.39 is 0 Å². The number of aromatic nitrogens is 1. The van der Waals surface area contributed by atoms with Gasteiger partial charge in [0.05, 0.1) is 12.2 Å². The minimum atomic E-state index is -0.176. The molecule has 0 saturated heterocycles. The van der Waals surface area contributed by atoms with Crippen LogP contribution in [0.1, 0.15) is 5.69 Å². The molecule has 0 aliphatic rings. The Labute approximate surface area is 134 Å². The molecule has 6 heteroatoms. The summed E-state index contributed by atoms with van der Waals surface area (Å²) in [5.74, 6) is 1.29. The van der Waals surface area contributed by atoms with Gasteiger partial charge in [0.25, 0.3) is 0 Å². The Balaban J connectivity index is 1.70. The van der Waals surface area contributed by atoms with Gasteiger partial charge in [0.2, 0.25) is 0 Å². The number of hydrogen-bond donors (Lipinski definition) is 2. The maximum atomic E-state index is 13.5. The van der Waals surface area contributed by atoms with Crippen molar-refractivity contribution in [1.29, 1.82) is 0 Å². The molecule has 0 unspecified atom stereocenters. The van der Waals surface area contributed by atoms with Gasteiger partial charge in [-0.3, -0.25) is 9.98 Å². The van der Waals surface area contributed by atoms with E-state index in [0.29, 0.717) is 23.9 Å². The Morgan fingerprint density at radius 1 is 1.18 bits per heavy atom. The summed E-state index contributed by atoms with van der Waals surface area (Å²) in [5, 5.41) is 6.39. The van der Waals surface area contributed by atoms with Crippen molar-refractivity contribution < 1.29 is 4.39 Å². The summed E-state index contributed by atoms with van der Waals surface area (Å²) in [5.41, 5.74) is 0.950. The van der Waals surface area contributed by atoms with Crippen molar-refractivity contribution >= 4 is 17.7 Å². The molecule has 116 valence electrons. The van der Waals surface area contributed by atoms with Crippen LogP contribution in [0.15, 0.2) is 58.5 Å². The molecule has 22 heavy (non-hydrogen) atoms. The van der Waals surface area contributed by atoms with E-state index in [-0.39, 0.29) is 5.82 Å². The minimum absolute atomic E-state index is 0.176. The number of aliphatic imine (C=N–C) groups is 1. The van der Waals surface area contributed by atoms with Crippen LogP contribution in [-0.2, 0) is 6.54 Å². The van der Waals surface area contributed by atoms with Gasteiger partial charge in [-0.05, 0) is 24.3 Å². The van der Waals surface area contributed by atoms with Crippen LogP contribution in [0.5, 0.6) is 0 Å². The van der Waals surface area contributed by atoms with Gasteiger partial charge in [-0.25, -0.2) is 4.39 Å². The Morgan fingerprint density at radius 2 is 2.00 bits per heavy atom. The summed E-state index contributed by atoms with van der Waals surface area (Å²) in [6.07, 6.45) is 1.76. The Hall–Kier alpha value is -2.08. The van der Waals surface area contributed by atoms with Crippen molar-refractivity contribution in [2.45, 2.75) is 11.4 Å². The fraction of sp³-hybridized carbons (Fsp3) is 0.250. The first-order chi connectivity index (χ1) is 10.8. The lowest BCUT2D eigenvalue weighted by Gasteiger charge is -2.11. The van der Waals surface area contributed by atoms with Gasteiger partial charge in [0, 0.05) is 30.4 Å². The SMILES string of the molecule is CN=C(NCCSc1ccccc1F)NCc1ccccn1. The lowest BCUT2D eigenvalue weighted by Crippen LogP contribution is -2.38. The highest BCUT2D eigenvalue weighted by Crippen LogP contribution is 2.20. The van der Waals surface area contributed by atoms with E-state index in [1.165, 1.54) is 17.8 Å². The Kier molecular flexibility index (Phi) is 6.70. The first-order valence-electron chi connectivity index (χ1n) is 7.01. The number of hydrogen-bond acceptors (Lipinski definition) is 3. The van der Waals surface area contributed by atoms with Crippen molar-refractivity contribution in [2.24, 2.45) is 4.99 Å². The van der Waals surface area contributed by atoms with Crippen molar-refractivity contribution in [2.75, 3.05) is 19.3 Å². The molecular formula is C16H19FN4S. The second-order valence-electron chi connectivity index (χ2n) is 4.45. The second-order valence-corrected chi connectivity index (χ2v) is 5.59. The highest BCUT2D eigenvalue weighted by atomic mass is 32.2.